The molecular weight excluding hydrogens is 406 g/mol. The number of nitrogens with one attached hydrogen (secondary N) is 2. The number of nitrogens with zero attached hydrogens (tertiary/aromatic N) is 1. The van der Waals surface area contributed by atoms with Crippen LogP contribution in [0.2, 0.25) is 5.02 Å². The second kappa shape index (κ2) is 7.89. The molecule has 0 bridgehead atoms. The molecular formula is C22H20ClN3O2S. The Labute approximate surface area is 174 Å². The molecule has 4 aromatic rings. The Balaban J connectivity index is 1.60. The van der Waals surface area contributed by atoms with Crippen LogP contribution in [0.1, 0.15) is 11.4 Å². The van der Waals surface area contributed by atoms with Crippen molar-refractivity contribution in [2.45, 2.75) is 12.8 Å². The second-order valence-corrected chi connectivity index (χ2v) is 9.15. The zero-order valence-corrected chi connectivity index (χ0v) is 17.4. The van der Waals surface area contributed by atoms with E-state index in [1.165, 1.54) is 5.56 Å². The summed E-state index contributed by atoms with van der Waals surface area (Å²) < 4.78 is 25.9. The van der Waals surface area contributed by atoms with Gasteiger partial charge in [0, 0.05) is 17.0 Å². The van der Waals surface area contributed by atoms with E-state index in [2.05, 4.69) is 9.71 Å². The third-order valence-corrected chi connectivity index (χ3v) is 5.47. The number of sulfonamides is 1. The van der Waals surface area contributed by atoms with E-state index in [4.69, 9.17) is 16.6 Å². The van der Waals surface area contributed by atoms with Crippen LogP contribution in [-0.2, 0) is 22.9 Å². The lowest BCUT2D eigenvalue weighted by Crippen LogP contribution is -2.10. The van der Waals surface area contributed by atoms with Gasteiger partial charge in [-0.05, 0) is 47.9 Å². The van der Waals surface area contributed by atoms with Gasteiger partial charge in [0.2, 0.25) is 10.0 Å². The standard InChI is InChI=1S/C22H20ClN3O2S/c1-29(27,28)26-19-5-3-2-4-18(19)16-9-12-20-21(14-16)25-22(24-20)13-8-15-6-10-17(23)11-7-15/h2-7,9-12,14,26H,8,13H2,1H3,(H,24,25). The van der Waals surface area contributed by atoms with Gasteiger partial charge in [0.1, 0.15) is 5.82 Å². The van der Waals surface area contributed by atoms with Crippen molar-refractivity contribution >= 4 is 38.3 Å². The first-order chi connectivity index (χ1) is 13.9. The summed E-state index contributed by atoms with van der Waals surface area (Å²) in [4.78, 5) is 8.08. The number of benzene rings is 3. The molecule has 0 amide bonds. The van der Waals surface area contributed by atoms with E-state index in [1.54, 1.807) is 12.1 Å². The van der Waals surface area contributed by atoms with Crippen molar-refractivity contribution < 1.29 is 8.42 Å². The highest BCUT2D eigenvalue weighted by molar-refractivity contribution is 7.92. The van der Waals surface area contributed by atoms with Gasteiger partial charge in [0.05, 0.1) is 23.0 Å². The first-order valence-electron chi connectivity index (χ1n) is 9.18. The van der Waals surface area contributed by atoms with Crippen LogP contribution in [0, 0.1) is 0 Å². The van der Waals surface area contributed by atoms with Gasteiger partial charge in [-0.25, -0.2) is 13.4 Å². The quantitative estimate of drug-likeness (QED) is 0.454. The van der Waals surface area contributed by atoms with Crippen molar-refractivity contribution in [3.8, 4) is 11.1 Å². The summed E-state index contributed by atoms with van der Waals surface area (Å²) in [6.45, 7) is 0. The third-order valence-electron chi connectivity index (χ3n) is 4.63. The number of anilines is 1. The number of imidazole rings is 1. The van der Waals surface area contributed by atoms with E-state index in [0.717, 1.165) is 52.1 Å². The molecule has 0 fully saturated rings. The summed E-state index contributed by atoms with van der Waals surface area (Å²) in [5, 5.41) is 0.732. The van der Waals surface area contributed by atoms with Crippen LogP contribution in [0.25, 0.3) is 22.2 Å². The topological polar surface area (TPSA) is 74.8 Å². The van der Waals surface area contributed by atoms with E-state index < -0.39 is 10.0 Å². The van der Waals surface area contributed by atoms with Crippen molar-refractivity contribution in [1.29, 1.82) is 0 Å². The zero-order valence-electron chi connectivity index (χ0n) is 15.8. The van der Waals surface area contributed by atoms with Gasteiger partial charge in [-0.1, -0.05) is 48.0 Å². The van der Waals surface area contributed by atoms with Crippen LogP contribution in [-0.4, -0.2) is 24.6 Å². The number of para-hydroxylation sites is 1. The molecule has 0 saturated carbocycles. The summed E-state index contributed by atoms with van der Waals surface area (Å²) in [6, 6.07) is 21.1. The largest absolute Gasteiger partial charge is 0.342 e. The van der Waals surface area contributed by atoms with Gasteiger partial charge in [-0.15, -0.1) is 0 Å². The van der Waals surface area contributed by atoms with E-state index in [9.17, 15) is 8.42 Å². The molecule has 4 rings (SSSR count). The number of hydrogen-bond acceptors (Lipinski definition) is 3. The van der Waals surface area contributed by atoms with Crippen LogP contribution in [0.5, 0.6) is 0 Å². The van der Waals surface area contributed by atoms with Gasteiger partial charge in [-0.2, -0.15) is 0 Å². The Kier molecular flexibility index (Phi) is 5.30. The van der Waals surface area contributed by atoms with E-state index in [0.29, 0.717) is 5.69 Å². The molecule has 0 spiro atoms. The Morgan fingerprint density at radius 3 is 2.52 bits per heavy atom. The molecule has 0 aliphatic carbocycles. The predicted molar refractivity (Wildman–Crippen MR) is 119 cm³/mol. The smallest absolute Gasteiger partial charge is 0.229 e. The molecule has 2 N–H and O–H groups in total. The molecule has 3 aromatic carbocycles. The van der Waals surface area contributed by atoms with Crippen molar-refractivity contribution in [3.63, 3.8) is 0 Å². The van der Waals surface area contributed by atoms with E-state index in [1.807, 2.05) is 54.6 Å². The molecule has 0 saturated heterocycles. The van der Waals surface area contributed by atoms with Crippen LogP contribution in [0.3, 0.4) is 0 Å². The SMILES string of the molecule is CS(=O)(=O)Nc1ccccc1-c1ccc2[nH]c(CCc3ccc(Cl)cc3)nc2c1. The number of H-pyrrole nitrogens is 1. The fourth-order valence-electron chi connectivity index (χ4n) is 3.28. The molecule has 0 atom stereocenters. The number of halogens is 1. The van der Waals surface area contributed by atoms with Crippen LogP contribution in [0.4, 0.5) is 5.69 Å². The average molecular weight is 426 g/mol. The lowest BCUT2D eigenvalue weighted by atomic mass is 10.0. The molecule has 1 heterocycles. The fourth-order valence-corrected chi connectivity index (χ4v) is 3.99. The number of hydrogen-bond donors (Lipinski definition) is 2. The van der Waals surface area contributed by atoms with Gasteiger partial charge >= 0.3 is 0 Å². The van der Waals surface area contributed by atoms with Crippen molar-refractivity contribution in [2.24, 2.45) is 0 Å². The Hall–Kier alpha value is -2.83. The molecule has 0 unspecified atom stereocenters. The van der Waals surface area contributed by atoms with Gasteiger partial charge < -0.3 is 4.98 Å². The molecule has 5 nitrogen and oxygen atoms in total. The van der Waals surface area contributed by atoms with Gasteiger partial charge in [0.15, 0.2) is 0 Å². The molecule has 0 aliphatic rings. The molecule has 148 valence electrons. The number of rotatable bonds is 6. The predicted octanol–water partition coefficient (Wildman–Crippen LogP) is 5.04. The maximum atomic E-state index is 11.7. The van der Waals surface area contributed by atoms with Gasteiger partial charge in [0.25, 0.3) is 0 Å². The van der Waals surface area contributed by atoms with Crippen molar-refractivity contribution in [1.82, 2.24) is 9.97 Å². The van der Waals surface area contributed by atoms with E-state index >= 15 is 0 Å². The summed E-state index contributed by atoms with van der Waals surface area (Å²) >= 11 is 5.94. The third kappa shape index (κ3) is 4.78. The molecule has 0 radical (unpaired) electrons. The normalized spacial score (nSPS) is 11.7. The lowest BCUT2D eigenvalue weighted by molar-refractivity contribution is 0.607. The highest BCUT2D eigenvalue weighted by Crippen LogP contribution is 2.30. The molecule has 29 heavy (non-hydrogen) atoms. The molecule has 0 aliphatic heterocycles. The first-order valence-corrected chi connectivity index (χ1v) is 11.4. The maximum Gasteiger partial charge on any atom is 0.229 e. The Morgan fingerprint density at radius 2 is 1.76 bits per heavy atom. The fraction of sp³-hybridized carbons (Fsp3) is 0.136. The Morgan fingerprint density at radius 1 is 1.00 bits per heavy atom. The minimum absolute atomic E-state index is 0.549. The maximum absolute atomic E-state index is 11.7. The van der Waals surface area contributed by atoms with Crippen LogP contribution >= 0.6 is 11.6 Å². The first kappa shape index (κ1) is 19.5. The highest BCUT2D eigenvalue weighted by Gasteiger charge is 2.11. The second-order valence-electron chi connectivity index (χ2n) is 6.96. The summed E-state index contributed by atoms with van der Waals surface area (Å²) in [5.41, 5.74) is 5.27. The van der Waals surface area contributed by atoms with Gasteiger partial charge in [-0.3, -0.25) is 4.72 Å². The number of aryl methyl sites for hydroxylation is 2. The zero-order chi connectivity index (χ0) is 20.4. The summed E-state index contributed by atoms with van der Waals surface area (Å²) in [7, 11) is -3.36. The van der Waals surface area contributed by atoms with E-state index in [-0.39, 0.29) is 0 Å². The molecule has 1 aromatic heterocycles. The number of aromatic nitrogens is 2. The van der Waals surface area contributed by atoms with Crippen LogP contribution < -0.4 is 4.72 Å². The monoisotopic (exact) mass is 425 g/mol. The average Bonchev–Trinajstić information content (AvgIpc) is 3.09. The lowest BCUT2D eigenvalue weighted by Gasteiger charge is -2.10. The summed E-state index contributed by atoms with van der Waals surface area (Å²) in [6.07, 6.45) is 2.80. The number of fused-ring (bicyclic) bond motifs is 1. The minimum Gasteiger partial charge on any atom is -0.342 e. The van der Waals surface area contributed by atoms with Crippen LogP contribution in [0.15, 0.2) is 66.7 Å². The van der Waals surface area contributed by atoms with Crippen molar-refractivity contribution in [2.75, 3.05) is 11.0 Å². The van der Waals surface area contributed by atoms with Crippen molar-refractivity contribution in [3.05, 3.63) is 83.1 Å². The summed E-state index contributed by atoms with van der Waals surface area (Å²) in [5.74, 6) is 0.912. The Bertz CT molecular complexity index is 1260. The minimum atomic E-state index is -3.36. The highest BCUT2D eigenvalue weighted by atomic mass is 35.5. The number of aromatic amines is 1. The molecule has 7 heteroatoms.